The summed E-state index contributed by atoms with van der Waals surface area (Å²) in [5.74, 6) is 0. The highest BCUT2D eigenvalue weighted by atomic mass is 15.2. The fraction of sp³-hybridized carbons (Fsp3) is 0.0110. The number of aromatic nitrogens is 2. The SMILES string of the molecule is [2H]c1c([2H])c([2H])c2c(c1[2H])c1c([2H])c([2H])c([2H])c([2H])c1n2-c1cc2c3c(c1)N(c1c(-c4ccccc4)cccc1-c1ccccc1)c1ccc(-c4cccc5c4c4ccccc4n5-c4ccccc4)cc1B3c1cc(-c3ccc(C([2H])([2H])[2H])cc3)ccc1N2c1c(-c2ccccc2)cccc1-c1ccccc1. The van der Waals surface area contributed by atoms with Gasteiger partial charge in [-0.05, 0) is 128 Å². The van der Waals surface area contributed by atoms with E-state index in [1.165, 1.54) is 0 Å². The van der Waals surface area contributed by atoms with E-state index in [4.69, 9.17) is 4.11 Å². The molecule has 0 aliphatic carbocycles. The van der Waals surface area contributed by atoms with E-state index in [9.17, 15) is 11.0 Å². The normalized spacial score (nSPS) is 14.1. The average Bonchev–Trinajstić information content (AvgIpc) is 1.47. The third kappa shape index (κ3) is 8.71. The Labute approximate surface area is 574 Å². The lowest BCUT2D eigenvalue weighted by molar-refractivity contribution is 1.16. The van der Waals surface area contributed by atoms with Crippen molar-refractivity contribution in [1.29, 1.82) is 0 Å². The summed E-state index contributed by atoms with van der Waals surface area (Å²) in [6.45, 7) is -2.98. The molecular weight excluding hydrogens is 1160 g/mol. The Bertz CT molecular complexity index is 6320. The molecule has 15 aromatic carbocycles. The molecule has 0 unspecified atom stereocenters. The largest absolute Gasteiger partial charge is 0.310 e. The van der Waals surface area contributed by atoms with Gasteiger partial charge in [0.15, 0.2) is 0 Å². The molecule has 0 saturated heterocycles. The molecule has 4 nitrogen and oxygen atoms in total. The van der Waals surface area contributed by atoms with Crippen molar-refractivity contribution in [2.45, 2.75) is 6.85 Å². The van der Waals surface area contributed by atoms with Crippen LogP contribution >= 0.6 is 0 Å². The molecule has 96 heavy (non-hydrogen) atoms. The first kappa shape index (κ1) is 45.0. The van der Waals surface area contributed by atoms with Crippen LogP contribution in [0, 0.1) is 6.85 Å². The van der Waals surface area contributed by atoms with Gasteiger partial charge >= 0.3 is 0 Å². The summed E-state index contributed by atoms with van der Waals surface area (Å²) in [5, 5.41) is 2.09. The van der Waals surface area contributed by atoms with Crippen molar-refractivity contribution in [2.24, 2.45) is 0 Å². The Morgan fingerprint density at radius 3 is 1.23 bits per heavy atom. The quantitative estimate of drug-likeness (QED) is 0.127. The molecule has 0 radical (unpaired) electrons. The predicted molar refractivity (Wildman–Crippen MR) is 406 cm³/mol. The first-order valence-electron chi connectivity index (χ1n) is 37.9. The molecule has 19 rings (SSSR count). The van der Waals surface area contributed by atoms with Crippen molar-refractivity contribution in [1.82, 2.24) is 9.13 Å². The smallest absolute Gasteiger partial charge is 0.252 e. The van der Waals surface area contributed by atoms with Gasteiger partial charge in [-0.1, -0.05) is 297 Å². The van der Waals surface area contributed by atoms with Crippen molar-refractivity contribution < 1.29 is 15.1 Å². The lowest BCUT2D eigenvalue weighted by Gasteiger charge is -2.46. The summed E-state index contributed by atoms with van der Waals surface area (Å²) in [7, 11) is 0. The number of rotatable bonds is 10. The van der Waals surface area contributed by atoms with E-state index in [2.05, 4.69) is 215 Å². The van der Waals surface area contributed by atoms with Crippen LogP contribution < -0.4 is 26.2 Å². The first-order chi connectivity index (χ1) is 52.1. The molecule has 2 aliphatic heterocycles. The van der Waals surface area contributed by atoms with Gasteiger partial charge in [0.1, 0.15) is 0 Å². The van der Waals surface area contributed by atoms with E-state index in [0.29, 0.717) is 17.1 Å². The predicted octanol–water partition coefficient (Wildman–Crippen LogP) is 22.3. The maximum atomic E-state index is 10.0. The minimum atomic E-state index is -2.34. The van der Waals surface area contributed by atoms with Crippen molar-refractivity contribution >= 4 is 101 Å². The molecule has 0 spiro atoms. The van der Waals surface area contributed by atoms with Crippen LogP contribution in [0.5, 0.6) is 0 Å². The van der Waals surface area contributed by atoms with Gasteiger partial charge in [0.05, 0.1) is 50.1 Å². The summed E-state index contributed by atoms with van der Waals surface area (Å²) in [5.41, 5.74) is 21.9. The van der Waals surface area contributed by atoms with Crippen LogP contribution in [0.25, 0.3) is 122 Å². The fourth-order valence-electron chi connectivity index (χ4n) is 15.4. The molecule has 0 saturated carbocycles. The highest BCUT2D eigenvalue weighted by molar-refractivity contribution is 7.00. The first-order valence-corrected chi connectivity index (χ1v) is 32.4. The van der Waals surface area contributed by atoms with Gasteiger partial charge in [-0.15, -0.1) is 0 Å². The number of aryl methyl sites for hydroxylation is 1. The van der Waals surface area contributed by atoms with Gasteiger partial charge in [0.25, 0.3) is 6.71 Å². The second kappa shape index (κ2) is 22.4. The Hall–Kier alpha value is -12.4. The van der Waals surface area contributed by atoms with Gasteiger partial charge in [-0.2, -0.15) is 0 Å². The van der Waals surface area contributed by atoms with Crippen molar-refractivity contribution in [2.75, 3.05) is 9.80 Å². The van der Waals surface area contributed by atoms with Gasteiger partial charge in [-0.3, -0.25) is 0 Å². The van der Waals surface area contributed by atoms with Crippen LogP contribution in [-0.4, -0.2) is 15.8 Å². The van der Waals surface area contributed by atoms with E-state index in [1.807, 2.05) is 91.0 Å². The molecule has 0 bridgehead atoms. The number of para-hydroxylation sites is 6. The molecule has 17 aromatic rings. The summed E-state index contributed by atoms with van der Waals surface area (Å²) >= 11 is 0. The topological polar surface area (TPSA) is 16.3 Å². The summed E-state index contributed by atoms with van der Waals surface area (Å²) in [6.07, 6.45) is 0. The molecule has 0 fully saturated rings. The summed E-state index contributed by atoms with van der Waals surface area (Å²) < 4.78 is 106. The van der Waals surface area contributed by atoms with Gasteiger partial charge in [0, 0.05) is 76.3 Å². The Kier molecular flexibility index (Phi) is 10.5. The molecule has 0 N–H and O–H groups in total. The van der Waals surface area contributed by atoms with E-state index in [1.54, 1.807) is 16.7 Å². The number of hydrogen-bond acceptors (Lipinski definition) is 2. The third-order valence-corrected chi connectivity index (χ3v) is 19.4. The third-order valence-electron chi connectivity index (χ3n) is 19.4. The second-order valence-electron chi connectivity index (χ2n) is 24.7. The zero-order chi connectivity index (χ0) is 72.8. The lowest BCUT2D eigenvalue weighted by Crippen LogP contribution is -2.61. The molecule has 0 amide bonds. The van der Waals surface area contributed by atoms with Crippen LogP contribution in [0.1, 0.15) is 20.6 Å². The Balaban J connectivity index is 1.03. The lowest BCUT2D eigenvalue weighted by atomic mass is 9.33. The molecule has 0 atom stereocenters. The van der Waals surface area contributed by atoms with Crippen molar-refractivity contribution in [3.8, 4) is 78.1 Å². The summed E-state index contributed by atoms with van der Waals surface area (Å²) in [4.78, 5) is 4.71. The van der Waals surface area contributed by atoms with E-state index >= 15 is 0 Å². The number of benzene rings is 15. The van der Waals surface area contributed by atoms with Crippen LogP contribution in [0.15, 0.2) is 352 Å². The van der Waals surface area contributed by atoms with Crippen molar-refractivity contribution in [3.63, 3.8) is 0 Å². The molecule has 2 aliphatic rings. The van der Waals surface area contributed by atoms with Gasteiger partial charge < -0.3 is 18.9 Å². The monoisotopic (exact) mass is 1230 g/mol. The minimum Gasteiger partial charge on any atom is -0.310 e. The highest BCUT2D eigenvalue weighted by Gasteiger charge is 2.46. The minimum absolute atomic E-state index is 0.0156. The number of hydrogen-bond donors (Lipinski definition) is 0. The van der Waals surface area contributed by atoms with Crippen molar-refractivity contribution in [3.05, 3.63) is 357 Å². The fourth-order valence-corrected chi connectivity index (χ4v) is 15.4. The van der Waals surface area contributed by atoms with E-state index in [-0.39, 0.29) is 27.4 Å². The average molecular weight is 1230 g/mol. The standard InChI is InChI=1S/C91H61BN4/c1-60-48-50-61(51-49-60)66-52-54-83-78(56-66)92-79-57-67(70-39-25-47-85-88(70)77-38-19-22-46-82(77)93(85)68-34-15-6-16-35-68)53-55-84(79)96(91-73(64-30-11-4-12-31-64)42-24-43-74(91)65-32-13-5-14-33-65)87-59-69(94-80-44-20-17-36-75(80)76-37-18-21-45-81(76)94)58-86(89(87)92)95(83)90-71(62-26-7-2-8-27-62)40-23-41-72(90)63-28-9-3-10-29-63/h2-59H,1H3/i1D3,17D,18D,20D,21D,36D,37D,44D,45D. The molecular formula is C91H61BN4. The van der Waals surface area contributed by atoms with E-state index in [0.717, 1.165) is 133 Å². The van der Waals surface area contributed by atoms with Crippen LogP contribution in [-0.2, 0) is 0 Å². The highest BCUT2D eigenvalue weighted by Crippen LogP contribution is 2.54. The zero-order valence-electron chi connectivity index (χ0n) is 62.7. The van der Waals surface area contributed by atoms with E-state index < -0.39 is 61.9 Å². The maximum Gasteiger partial charge on any atom is 0.252 e. The van der Waals surface area contributed by atoms with Crippen LogP contribution in [0.3, 0.4) is 0 Å². The molecule has 5 heteroatoms. The molecule has 2 aromatic heterocycles. The second-order valence-corrected chi connectivity index (χ2v) is 24.7. The van der Waals surface area contributed by atoms with Crippen LogP contribution in [0.4, 0.5) is 34.1 Å². The van der Waals surface area contributed by atoms with Gasteiger partial charge in [0.2, 0.25) is 0 Å². The van der Waals surface area contributed by atoms with Gasteiger partial charge in [-0.25, -0.2) is 0 Å². The number of fused-ring (bicyclic) bond motifs is 10. The summed E-state index contributed by atoms with van der Waals surface area (Å²) in [6, 6.07) is 100. The maximum absolute atomic E-state index is 10.0. The van der Waals surface area contributed by atoms with Crippen LogP contribution in [0.2, 0.25) is 0 Å². The zero-order valence-corrected chi connectivity index (χ0v) is 51.7. The molecule has 4 heterocycles. The number of nitrogens with zero attached hydrogens (tertiary/aromatic N) is 4. The Morgan fingerprint density at radius 2 is 0.708 bits per heavy atom. The molecule has 448 valence electrons. The number of anilines is 6. The Morgan fingerprint density at radius 1 is 0.292 bits per heavy atom.